The highest BCUT2D eigenvalue weighted by Gasteiger charge is 2.33. The fourth-order valence-electron chi connectivity index (χ4n) is 3.58. The highest BCUT2D eigenvalue weighted by atomic mass is 19.4. The minimum atomic E-state index is -4.70. The first-order chi connectivity index (χ1) is 14.8. The summed E-state index contributed by atoms with van der Waals surface area (Å²) < 4.78 is 43.9. The van der Waals surface area contributed by atoms with E-state index in [0.717, 1.165) is 50.2 Å². The van der Waals surface area contributed by atoms with Crippen molar-refractivity contribution in [3.63, 3.8) is 0 Å². The van der Waals surface area contributed by atoms with Gasteiger partial charge in [0.1, 0.15) is 11.4 Å². The topological polar surface area (TPSA) is 101 Å². The molecule has 2 heterocycles. The third kappa shape index (κ3) is 5.97. The molecule has 1 aliphatic heterocycles. The number of amides is 1. The molecular weight excluding hydrogens is 417 g/mol. The number of nitro benzene ring substituents is 1. The SMILES string of the molecule is O=C(CNc1ccc(C(F)(F)F)cc1[N+](=O)[O-])NCC(c1ccco1)N1CCCCC1. The van der Waals surface area contributed by atoms with Gasteiger partial charge in [-0.25, -0.2) is 0 Å². The van der Waals surface area contributed by atoms with Crippen LogP contribution in [-0.4, -0.2) is 41.9 Å². The number of nitro groups is 1. The largest absolute Gasteiger partial charge is 0.468 e. The molecule has 1 aliphatic rings. The van der Waals surface area contributed by atoms with Crippen molar-refractivity contribution in [2.45, 2.75) is 31.5 Å². The van der Waals surface area contributed by atoms with Crippen molar-refractivity contribution in [1.29, 1.82) is 0 Å². The standard InChI is InChI=1S/C20H23F3N4O4/c21-20(22,23)14-6-7-15(16(11-14)27(29)30)24-13-19(28)25-12-17(18-5-4-10-31-18)26-8-2-1-3-9-26/h4-7,10-11,17,24H,1-3,8-9,12-13H2,(H,25,28). The Balaban J connectivity index is 1.61. The summed E-state index contributed by atoms with van der Waals surface area (Å²) in [5.41, 5.74) is -2.03. The summed E-state index contributed by atoms with van der Waals surface area (Å²) in [7, 11) is 0. The lowest BCUT2D eigenvalue weighted by Crippen LogP contribution is -2.41. The van der Waals surface area contributed by atoms with E-state index in [9.17, 15) is 28.1 Å². The van der Waals surface area contributed by atoms with Crippen molar-refractivity contribution >= 4 is 17.3 Å². The normalized spacial score (nSPS) is 16.0. The highest BCUT2D eigenvalue weighted by Crippen LogP contribution is 2.34. The Morgan fingerprint density at radius 1 is 1.23 bits per heavy atom. The maximum atomic E-state index is 12.8. The van der Waals surface area contributed by atoms with E-state index in [-0.39, 0.29) is 24.8 Å². The van der Waals surface area contributed by atoms with E-state index in [1.807, 2.05) is 6.07 Å². The van der Waals surface area contributed by atoms with Crippen LogP contribution in [0.2, 0.25) is 0 Å². The Morgan fingerprint density at radius 2 is 1.97 bits per heavy atom. The summed E-state index contributed by atoms with van der Waals surface area (Å²) in [6.07, 6.45) is 0.146. The molecule has 2 N–H and O–H groups in total. The monoisotopic (exact) mass is 440 g/mol. The molecule has 1 unspecified atom stereocenters. The van der Waals surface area contributed by atoms with E-state index < -0.39 is 28.3 Å². The van der Waals surface area contributed by atoms with Crippen LogP contribution in [0.1, 0.15) is 36.6 Å². The zero-order valence-electron chi connectivity index (χ0n) is 16.7. The van der Waals surface area contributed by atoms with Gasteiger partial charge in [-0.1, -0.05) is 6.42 Å². The first-order valence-corrected chi connectivity index (χ1v) is 9.89. The number of likely N-dealkylation sites (tertiary alicyclic amines) is 1. The maximum absolute atomic E-state index is 12.8. The van der Waals surface area contributed by atoms with Crippen LogP contribution >= 0.6 is 0 Å². The predicted molar refractivity (Wildman–Crippen MR) is 106 cm³/mol. The first kappa shape index (κ1) is 22.6. The van der Waals surface area contributed by atoms with E-state index in [0.29, 0.717) is 6.07 Å². The number of anilines is 1. The van der Waals surface area contributed by atoms with Crippen molar-refractivity contribution in [3.8, 4) is 0 Å². The molecule has 1 atom stereocenters. The minimum Gasteiger partial charge on any atom is -0.468 e. The fraction of sp³-hybridized carbons (Fsp3) is 0.450. The molecule has 8 nitrogen and oxygen atoms in total. The van der Waals surface area contributed by atoms with Gasteiger partial charge in [-0.2, -0.15) is 13.2 Å². The molecule has 0 radical (unpaired) electrons. The van der Waals surface area contributed by atoms with Crippen LogP contribution in [0.25, 0.3) is 0 Å². The van der Waals surface area contributed by atoms with Crippen LogP contribution in [0.5, 0.6) is 0 Å². The van der Waals surface area contributed by atoms with Crippen molar-refractivity contribution in [1.82, 2.24) is 10.2 Å². The van der Waals surface area contributed by atoms with E-state index >= 15 is 0 Å². The number of piperidine rings is 1. The van der Waals surface area contributed by atoms with Gasteiger partial charge in [-0.05, 0) is 50.2 Å². The van der Waals surface area contributed by atoms with Gasteiger partial charge in [0.2, 0.25) is 5.91 Å². The van der Waals surface area contributed by atoms with Crippen LogP contribution < -0.4 is 10.6 Å². The van der Waals surface area contributed by atoms with Crippen molar-refractivity contribution in [2.75, 3.05) is 31.5 Å². The smallest absolute Gasteiger partial charge is 0.416 e. The number of carbonyl (C=O) groups is 1. The van der Waals surface area contributed by atoms with E-state index in [1.165, 1.54) is 0 Å². The Kier molecular flexibility index (Phi) is 7.16. The molecule has 1 fully saturated rings. The predicted octanol–water partition coefficient (Wildman–Crippen LogP) is 3.96. The Bertz CT molecular complexity index is 896. The second-order valence-corrected chi connectivity index (χ2v) is 7.27. The summed E-state index contributed by atoms with van der Waals surface area (Å²) in [5, 5.41) is 16.5. The molecule has 31 heavy (non-hydrogen) atoms. The third-order valence-corrected chi connectivity index (χ3v) is 5.16. The minimum absolute atomic E-state index is 0.139. The molecule has 2 aromatic rings. The van der Waals surface area contributed by atoms with Gasteiger partial charge in [-0.3, -0.25) is 19.8 Å². The lowest BCUT2D eigenvalue weighted by atomic mass is 10.1. The van der Waals surface area contributed by atoms with Gasteiger partial charge < -0.3 is 15.1 Å². The van der Waals surface area contributed by atoms with Crippen LogP contribution in [0.3, 0.4) is 0 Å². The summed E-state index contributed by atoms with van der Waals surface area (Å²) in [6, 6.07) is 5.61. The molecule has 3 rings (SSSR count). The summed E-state index contributed by atoms with van der Waals surface area (Å²) >= 11 is 0. The molecule has 0 spiro atoms. The van der Waals surface area contributed by atoms with Gasteiger partial charge in [-0.15, -0.1) is 0 Å². The zero-order valence-corrected chi connectivity index (χ0v) is 16.7. The molecule has 0 aliphatic carbocycles. The van der Waals surface area contributed by atoms with E-state index in [2.05, 4.69) is 15.5 Å². The van der Waals surface area contributed by atoms with Gasteiger partial charge in [0.15, 0.2) is 0 Å². The third-order valence-electron chi connectivity index (χ3n) is 5.16. The van der Waals surface area contributed by atoms with Crippen LogP contribution in [0.4, 0.5) is 24.5 Å². The van der Waals surface area contributed by atoms with Crippen molar-refractivity contribution < 1.29 is 27.3 Å². The van der Waals surface area contributed by atoms with Crippen LogP contribution in [0, 0.1) is 10.1 Å². The first-order valence-electron chi connectivity index (χ1n) is 9.89. The zero-order chi connectivity index (χ0) is 22.4. The molecule has 1 aromatic heterocycles. The van der Waals surface area contributed by atoms with Crippen LogP contribution in [0.15, 0.2) is 41.0 Å². The van der Waals surface area contributed by atoms with Crippen molar-refractivity contribution in [2.24, 2.45) is 0 Å². The molecular formula is C20H23F3N4O4. The lowest BCUT2D eigenvalue weighted by molar-refractivity contribution is -0.384. The van der Waals surface area contributed by atoms with Gasteiger partial charge >= 0.3 is 6.18 Å². The van der Waals surface area contributed by atoms with Gasteiger partial charge in [0.05, 0.1) is 29.3 Å². The number of hydrogen-bond donors (Lipinski definition) is 2. The van der Waals surface area contributed by atoms with E-state index in [1.54, 1.807) is 12.3 Å². The number of alkyl halides is 3. The number of nitrogens with zero attached hydrogens (tertiary/aromatic N) is 2. The molecule has 0 saturated carbocycles. The number of carbonyl (C=O) groups excluding carboxylic acids is 1. The molecule has 1 saturated heterocycles. The van der Waals surface area contributed by atoms with Gasteiger partial charge in [0, 0.05) is 12.6 Å². The van der Waals surface area contributed by atoms with Crippen LogP contribution in [-0.2, 0) is 11.0 Å². The molecule has 1 aromatic carbocycles. The van der Waals surface area contributed by atoms with Crippen molar-refractivity contribution in [3.05, 3.63) is 58.0 Å². The lowest BCUT2D eigenvalue weighted by Gasteiger charge is -2.33. The molecule has 11 heteroatoms. The molecule has 168 valence electrons. The number of benzene rings is 1. The summed E-state index contributed by atoms with van der Waals surface area (Å²) in [5.74, 6) is 0.288. The fourth-order valence-corrected chi connectivity index (χ4v) is 3.58. The Hall–Kier alpha value is -3.08. The summed E-state index contributed by atoms with van der Waals surface area (Å²) in [4.78, 5) is 24.8. The second-order valence-electron chi connectivity index (χ2n) is 7.27. The maximum Gasteiger partial charge on any atom is 0.416 e. The van der Waals surface area contributed by atoms with E-state index in [4.69, 9.17) is 4.42 Å². The quantitative estimate of drug-likeness (QED) is 0.476. The Labute approximate surface area is 176 Å². The summed E-state index contributed by atoms with van der Waals surface area (Å²) in [6.45, 7) is 1.73. The van der Waals surface area contributed by atoms with Gasteiger partial charge in [0.25, 0.3) is 5.69 Å². The number of halogens is 3. The number of nitrogens with one attached hydrogen (secondary N) is 2. The molecule has 0 bridgehead atoms. The number of furan rings is 1. The highest BCUT2D eigenvalue weighted by molar-refractivity contribution is 5.81. The molecule has 1 amide bonds. The second kappa shape index (κ2) is 9.82. The average Bonchev–Trinajstić information content (AvgIpc) is 3.27. The Morgan fingerprint density at radius 3 is 2.58 bits per heavy atom. The average molecular weight is 440 g/mol. The number of hydrogen-bond acceptors (Lipinski definition) is 6. The number of rotatable bonds is 8.